The maximum atomic E-state index is 13.0. The van der Waals surface area contributed by atoms with E-state index >= 15 is 0 Å². The number of rotatable bonds is 5. The summed E-state index contributed by atoms with van der Waals surface area (Å²) in [6.07, 6.45) is -2.52. The third-order valence-electron chi connectivity index (χ3n) is 3.81. The molecule has 0 amide bonds. The highest BCUT2D eigenvalue weighted by Gasteiger charge is 2.33. The lowest BCUT2D eigenvalue weighted by molar-refractivity contribution is -0.137. The molecule has 0 radical (unpaired) electrons. The minimum absolute atomic E-state index is 0.251. The number of alkyl halides is 3. The van der Waals surface area contributed by atoms with Gasteiger partial charge in [-0.15, -0.1) is 0 Å². The monoisotopic (exact) mass is 447 g/mol. The van der Waals surface area contributed by atoms with E-state index in [1.54, 1.807) is 12.4 Å². The Bertz CT molecular complexity index is 822. The number of aromatic nitrogens is 1. The van der Waals surface area contributed by atoms with Crippen molar-refractivity contribution in [3.63, 3.8) is 0 Å². The normalized spacial score (nSPS) is 12.0. The Balaban J connectivity index is 2.31. The third kappa shape index (κ3) is 5.20. The van der Waals surface area contributed by atoms with Gasteiger partial charge in [0.1, 0.15) is 0 Å². The standard InChI is InChI=1S/C18H18BrClF3N3/c1-4-26(3)10-24-16-9-14(19)17(25-11(16)2)8-12-5-6-15(20)13(7-12)18(21,22)23/h5-7,9-10H,4,8H2,1-3H3. The van der Waals surface area contributed by atoms with Gasteiger partial charge in [-0.1, -0.05) is 17.7 Å². The quantitative estimate of drug-likeness (QED) is 0.413. The summed E-state index contributed by atoms with van der Waals surface area (Å²) < 4.78 is 39.7. The van der Waals surface area contributed by atoms with Crippen molar-refractivity contribution in [3.8, 4) is 0 Å². The zero-order valence-electron chi connectivity index (χ0n) is 14.5. The van der Waals surface area contributed by atoms with E-state index in [0.29, 0.717) is 27.1 Å². The Morgan fingerprint density at radius 3 is 2.62 bits per heavy atom. The summed E-state index contributed by atoms with van der Waals surface area (Å²) in [7, 11) is 1.91. The molecule has 0 aliphatic heterocycles. The highest BCUT2D eigenvalue weighted by atomic mass is 79.9. The maximum Gasteiger partial charge on any atom is 0.417 e. The Kier molecular flexibility index (Phi) is 6.69. The number of benzene rings is 1. The summed E-state index contributed by atoms with van der Waals surface area (Å²) in [6.45, 7) is 4.66. The van der Waals surface area contributed by atoms with Crippen molar-refractivity contribution >= 4 is 39.6 Å². The van der Waals surface area contributed by atoms with E-state index in [4.69, 9.17) is 11.6 Å². The van der Waals surface area contributed by atoms with Crippen molar-refractivity contribution in [2.24, 2.45) is 4.99 Å². The molecule has 8 heteroatoms. The second-order valence-electron chi connectivity index (χ2n) is 5.83. The Morgan fingerprint density at radius 2 is 2.00 bits per heavy atom. The molecule has 2 rings (SSSR count). The van der Waals surface area contributed by atoms with Crippen molar-refractivity contribution in [1.29, 1.82) is 0 Å². The van der Waals surface area contributed by atoms with Gasteiger partial charge in [0.05, 0.1) is 34.0 Å². The second-order valence-corrected chi connectivity index (χ2v) is 7.09. The van der Waals surface area contributed by atoms with Gasteiger partial charge in [0.15, 0.2) is 0 Å². The summed E-state index contributed by atoms with van der Waals surface area (Å²) >= 11 is 9.11. The number of halogens is 5. The van der Waals surface area contributed by atoms with E-state index in [0.717, 1.165) is 12.6 Å². The highest BCUT2D eigenvalue weighted by Crippen LogP contribution is 2.36. The molecule has 1 aromatic heterocycles. The molecule has 140 valence electrons. The summed E-state index contributed by atoms with van der Waals surface area (Å²) in [5, 5.41) is -0.311. The van der Waals surface area contributed by atoms with Crippen LogP contribution in [0.3, 0.4) is 0 Å². The first-order valence-electron chi connectivity index (χ1n) is 7.88. The molecular weight excluding hydrogens is 431 g/mol. The van der Waals surface area contributed by atoms with Gasteiger partial charge in [-0.3, -0.25) is 4.98 Å². The molecular formula is C18H18BrClF3N3. The van der Waals surface area contributed by atoms with Crippen LogP contribution in [0.25, 0.3) is 0 Å². The molecule has 0 saturated heterocycles. The SMILES string of the molecule is CCN(C)C=Nc1cc(Br)c(Cc2ccc(Cl)c(C(F)(F)F)c2)nc1C. The fourth-order valence-electron chi connectivity index (χ4n) is 2.21. The molecule has 0 spiro atoms. The van der Waals surface area contributed by atoms with Crippen molar-refractivity contribution in [2.75, 3.05) is 13.6 Å². The Hall–Kier alpha value is -1.60. The van der Waals surface area contributed by atoms with Gasteiger partial charge in [0.2, 0.25) is 0 Å². The van der Waals surface area contributed by atoms with Crippen molar-refractivity contribution < 1.29 is 13.2 Å². The molecule has 0 bridgehead atoms. The van der Waals surface area contributed by atoms with Gasteiger partial charge in [0.25, 0.3) is 0 Å². The zero-order valence-corrected chi connectivity index (χ0v) is 16.9. The first kappa shape index (κ1) is 20.7. The molecule has 0 atom stereocenters. The van der Waals surface area contributed by atoms with Gasteiger partial charge in [0, 0.05) is 24.5 Å². The van der Waals surface area contributed by atoms with E-state index in [-0.39, 0.29) is 11.4 Å². The lowest BCUT2D eigenvalue weighted by Gasteiger charge is -2.13. The Morgan fingerprint density at radius 1 is 1.31 bits per heavy atom. The van der Waals surface area contributed by atoms with E-state index in [2.05, 4.69) is 25.9 Å². The summed E-state index contributed by atoms with van der Waals surface area (Å²) in [6, 6.07) is 5.72. The van der Waals surface area contributed by atoms with E-state index in [1.165, 1.54) is 6.07 Å². The first-order valence-corrected chi connectivity index (χ1v) is 9.05. The molecule has 2 aromatic rings. The molecule has 0 aliphatic rings. The van der Waals surface area contributed by atoms with Gasteiger partial charge < -0.3 is 4.90 Å². The van der Waals surface area contributed by atoms with E-state index in [9.17, 15) is 13.2 Å². The minimum atomic E-state index is -4.49. The van der Waals surface area contributed by atoms with E-state index < -0.39 is 11.7 Å². The number of aliphatic imine (C=N–C) groups is 1. The van der Waals surface area contributed by atoms with Crippen LogP contribution < -0.4 is 0 Å². The first-order chi connectivity index (χ1) is 12.1. The lowest BCUT2D eigenvalue weighted by Crippen LogP contribution is -2.14. The largest absolute Gasteiger partial charge is 0.417 e. The molecule has 26 heavy (non-hydrogen) atoms. The number of hydrogen-bond donors (Lipinski definition) is 0. The van der Waals surface area contributed by atoms with Crippen LogP contribution in [0.5, 0.6) is 0 Å². The van der Waals surface area contributed by atoms with E-state index in [1.807, 2.05) is 31.9 Å². The second kappa shape index (κ2) is 8.39. The van der Waals surface area contributed by atoms with Crippen molar-refractivity contribution in [3.05, 3.63) is 56.3 Å². The molecule has 0 aliphatic carbocycles. The number of aryl methyl sites for hydroxylation is 1. The fraction of sp³-hybridized carbons (Fsp3) is 0.333. The van der Waals surface area contributed by atoms with Crippen LogP contribution in [0.2, 0.25) is 5.02 Å². The molecule has 0 unspecified atom stereocenters. The molecule has 0 saturated carbocycles. The predicted octanol–water partition coefficient (Wildman–Crippen LogP) is 6.03. The van der Waals surface area contributed by atoms with Crippen molar-refractivity contribution in [1.82, 2.24) is 9.88 Å². The van der Waals surface area contributed by atoms with Crippen LogP contribution in [0.1, 0.15) is 29.4 Å². The van der Waals surface area contributed by atoms with Gasteiger partial charge >= 0.3 is 6.18 Å². The molecule has 1 aromatic carbocycles. The van der Waals surface area contributed by atoms with Crippen LogP contribution in [-0.4, -0.2) is 29.8 Å². The topological polar surface area (TPSA) is 28.5 Å². The number of pyridine rings is 1. The molecule has 0 N–H and O–H groups in total. The number of nitrogens with zero attached hydrogens (tertiary/aromatic N) is 3. The van der Waals surface area contributed by atoms with Crippen LogP contribution in [0, 0.1) is 6.92 Å². The smallest absolute Gasteiger partial charge is 0.366 e. The molecule has 0 fully saturated rings. The maximum absolute atomic E-state index is 13.0. The fourth-order valence-corrected chi connectivity index (χ4v) is 2.88. The molecule has 1 heterocycles. The summed E-state index contributed by atoms with van der Waals surface area (Å²) in [5.74, 6) is 0. The van der Waals surface area contributed by atoms with Gasteiger partial charge in [-0.2, -0.15) is 13.2 Å². The minimum Gasteiger partial charge on any atom is -0.366 e. The summed E-state index contributed by atoms with van der Waals surface area (Å²) in [4.78, 5) is 10.8. The average Bonchev–Trinajstić information content (AvgIpc) is 2.56. The van der Waals surface area contributed by atoms with Crippen LogP contribution in [0.4, 0.5) is 18.9 Å². The van der Waals surface area contributed by atoms with Crippen LogP contribution in [0.15, 0.2) is 33.7 Å². The molecule has 3 nitrogen and oxygen atoms in total. The predicted molar refractivity (Wildman–Crippen MR) is 102 cm³/mol. The van der Waals surface area contributed by atoms with Crippen LogP contribution >= 0.6 is 27.5 Å². The third-order valence-corrected chi connectivity index (χ3v) is 4.83. The lowest BCUT2D eigenvalue weighted by atomic mass is 10.1. The Labute approximate surface area is 164 Å². The highest BCUT2D eigenvalue weighted by molar-refractivity contribution is 9.10. The van der Waals surface area contributed by atoms with Gasteiger partial charge in [-0.05, 0) is 53.5 Å². The zero-order chi connectivity index (χ0) is 19.5. The van der Waals surface area contributed by atoms with Gasteiger partial charge in [-0.25, -0.2) is 4.99 Å². The number of hydrogen-bond acceptors (Lipinski definition) is 2. The summed E-state index contributed by atoms with van der Waals surface area (Å²) in [5.41, 5.74) is 1.69. The average molecular weight is 449 g/mol. The van der Waals surface area contributed by atoms with Crippen LogP contribution in [-0.2, 0) is 12.6 Å². The van der Waals surface area contributed by atoms with Crippen molar-refractivity contribution in [2.45, 2.75) is 26.4 Å².